The van der Waals surface area contributed by atoms with Crippen molar-refractivity contribution in [2.75, 3.05) is 13.2 Å². The second kappa shape index (κ2) is 8.40. The summed E-state index contributed by atoms with van der Waals surface area (Å²) in [6.07, 6.45) is 0.861. The quantitative estimate of drug-likeness (QED) is 0.687. The van der Waals surface area contributed by atoms with Crippen molar-refractivity contribution in [3.8, 4) is 17.2 Å². The number of rotatable bonds is 7. The maximum absolute atomic E-state index is 12.8. The molecule has 140 valence electrons. The van der Waals surface area contributed by atoms with E-state index in [1.165, 1.54) is 0 Å². The largest absolute Gasteiger partial charge is 0.484 e. The van der Waals surface area contributed by atoms with Gasteiger partial charge in [0.1, 0.15) is 22.8 Å². The van der Waals surface area contributed by atoms with E-state index < -0.39 is 0 Å². The van der Waals surface area contributed by atoms with E-state index in [-0.39, 0.29) is 23.7 Å². The van der Waals surface area contributed by atoms with Gasteiger partial charge in [0.15, 0.2) is 6.61 Å². The molecule has 1 heterocycles. The van der Waals surface area contributed by atoms with Gasteiger partial charge in [-0.05, 0) is 37.6 Å². The van der Waals surface area contributed by atoms with Crippen LogP contribution in [0.15, 0.2) is 57.7 Å². The molecule has 0 aliphatic carbocycles. The lowest BCUT2D eigenvalue weighted by Gasteiger charge is -2.10. The first kappa shape index (κ1) is 18.5. The second-order valence-corrected chi connectivity index (χ2v) is 6.03. The van der Waals surface area contributed by atoms with Gasteiger partial charge in [-0.3, -0.25) is 9.59 Å². The summed E-state index contributed by atoms with van der Waals surface area (Å²) in [6.45, 7) is 4.16. The number of hydrogen-bond donors (Lipinski definition) is 1. The first-order valence-corrected chi connectivity index (χ1v) is 8.78. The summed E-state index contributed by atoms with van der Waals surface area (Å²) >= 11 is 0. The summed E-state index contributed by atoms with van der Waals surface area (Å²) < 4.78 is 16.9. The zero-order valence-electron chi connectivity index (χ0n) is 15.3. The molecule has 0 aliphatic rings. The molecule has 6 heteroatoms. The van der Waals surface area contributed by atoms with Crippen molar-refractivity contribution in [3.63, 3.8) is 0 Å². The molecular formula is C21H21NO5. The van der Waals surface area contributed by atoms with Crippen molar-refractivity contribution in [2.45, 2.75) is 20.3 Å². The fourth-order valence-electron chi connectivity index (χ4n) is 2.55. The Kier molecular flexibility index (Phi) is 5.76. The number of fused-ring (bicyclic) bond motifs is 1. The predicted molar refractivity (Wildman–Crippen MR) is 103 cm³/mol. The van der Waals surface area contributed by atoms with Gasteiger partial charge in [-0.2, -0.15) is 0 Å². The third kappa shape index (κ3) is 4.47. The minimum Gasteiger partial charge on any atom is -0.484 e. The number of benzene rings is 2. The Hall–Kier alpha value is -3.28. The molecule has 3 rings (SSSR count). The molecule has 27 heavy (non-hydrogen) atoms. The second-order valence-electron chi connectivity index (χ2n) is 6.03. The van der Waals surface area contributed by atoms with Crippen LogP contribution in [-0.2, 0) is 4.79 Å². The van der Waals surface area contributed by atoms with Crippen LogP contribution in [0.5, 0.6) is 17.2 Å². The lowest BCUT2D eigenvalue weighted by Crippen LogP contribution is -2.29. The molecular weight excluding hydrogens is 346 g/mol. The van der Waals surface area contributed by atoms with Crippen LogP contribution in [0.3, 0.4) is 0 Å². The molecule has 0 aliphatic heterocycles. The number of ether oxygens (including phenoxy) is 2. The third-order valence-corrected chi connectivity index (χ3v) is 3.89. The van der Waals surface area contributed by atoms with E-state index in [9.17, 15) is 9.59 Å². The van der Waals surface area contributed by atoms with Gasteiger partial charge in [-0.15, -0.1) is 0 Å². The zero-order valence-corrected chi connectivity index (χ0v) is 15.3. The summed E-state index contributed by atoms with van der Waals surface area (Å²) in [4.78, 5) is 24.4. The first-order valence-electron chi connectivity index (χ1n) is 8.78. The predicted octanol–water partition coefficient (Wildman–Crippen LogP) is 3.80. The number of para-hydroxylation sites is 1. The number of carbonyl (C=O) groups excluding carboxylic acids is 1. The van der Waals surface area contributed by atoms with Gasteiger partial charge in [0, 0.05) is 12.6 Å². The lowest BCUT2D eigenvalue weighted by molar-refractivity contribution is -0.123. The summed E-state index contributed by atoms with van der Waals surface area (Å²) in [5.74, 6) is 1.34. The fraction of sp³-hybridized carbons (Fsp3) is 0.238. The number of carbonyl (C=O) groups is 1. The molecule has 1 N–H and O–H groups in total. The van der Waals surface area contributed by atoms with Gasteiger partial charge in [0.25, 0.3) is 5.91 Å². The molecule has 6 nitrogen and oxygen atoms in total. The normalized spacial score (nSPS) is 10.6. The van der Waals surface area contributed by atoms with Crippen LogP contribution in [-0.4, -0.2) is 19.1 Å². The Labute approximate surface area is 156 Å². The van der Waals surface area contributed by atoms with Crippen molar-refractivity contribution in [1.82, 2.24) is 5.32 Å². The number of aryl methyl sites for hydroxylation is 1. The van der Waals surface area contributed by atoms with Crippen LogP contribution >= 0.6 is 0 Å². The Morgan fingerprint density at radius 1 is 1.11 bits per heavy atom. The van der Waals surface area contributed by atoms with Crippen molar-refractivity contribution in [3.05, 3.63) is 64.5 Å². The Morgan fingerprint density at radius 3 is 2.63 bits per heavy atom. The molecule has 0 bridgehead atoms. The van der Waals surface area contributed by atoms with Crippen molar-refractivity contribution in [1.29, 1.82) is 0 Å². The monoisotopic (exact) mass is 367 g/mol. The molecule has 0 unspecified atom stereocenters. The van der Waals surface area contributed by atoms with Gasteiger partial charge in [0.05, 0.1) is 5.39 Å². The summed E-state index contributed by atoms with van der Waals surface area (Å²) in [7, 11) is 0. The molecule has 0 spiro atoms. The minimum atomic E-state index is -0.259. The molecule has 0 saturated heterocycles. The van der Waals surface area contributed by atoms with Crippen LogP contribution in [0.1, 0.15) is 19.1 Å². The van der Waals surface area contributed by atoms with E-state index in [1.54, 1.807) is 37.3 Å². The van der Waals surface area contributed by atoms with E-state index in [0.717, 1.165) is 6.42 Å². The third-order valence-electron chi connectivity index (χ3n) is 3.89. The molecule has 0 fully saturated rings. The van der Waals surface area contributed by atoms with E-state index >= 15 is 0 Å². The Morgan fingerprint density at radius 2 is 1.89 bits per heavy atom. The zero-order chi connectivity index (χ0) is 19.2. The standard InChI is InChI=1S/C21H21NO5/c1-3-11-22-19(23)13-25-16-9-10-17-18(12-16)26-14(2)21(20(17)24)27-15-7-5-4-6-8-15/h4-10,12H,3,11,13H2,1-2H3,(H,22,23). The highest BCUT2D eigenvalue weighted by Crippen LogP contribution is 2.27. The van der Waals surface area contributed by atoms with Crippen molar-refractivity contribution in [2.24, 2.45) is 0 Å². The maximum Gasteiger partial charge on any atom is 0.257 e. The molecule has 1 amide bonds. The van der Waals surface area contributed by atoms with Crippen LogP contribution in [0, 0.1) is 6.92 Å². The Bertz CT molecular complexity index is 995. The van der Waals surface area contributed by atoms with Gasteiger partial charge in [-0.25, -0.2) is 0 Å². The van der Waals surface area contributed by atoms with E-state index in [0.29, 0.717) is 34.8 Å². The van der Waals surface area contributed by atoms with Crippen LogP contribution < -0.4 is 20.2 Å². The minimum absolute atomic E-state index is 0.0933. The van der Waals surface area contributed by atoms with E-state index in [4.69, 9.17) is 13.9 Å². The smallest absolute Gasteiger partial charge is 0.257 e. The fourth-order valence-corrected chi connectivity index (χ4v) is 2.55. The van der Waals surface area contributed by atoms with E-state index in [1.807, 2.05) is 25.1 Å². The van der Waals surface area contributed by atoms with Crippen molar-refractivity contribution >= 4 is 16.9 Å². The van der Waals surface area contributed by atoms with Gasteiger partial charge < -0.3 is 19.2 Å². The molecule has 1 aromatic heterocycles. The Balaban J connectivity index is 1.83. The number of nitrogens with one attached hydrogen (secondary N) is 1. The SMILES string of the molecule is CCCNC(=O)COc1ccc2c(=O)c(Oc3ccccc3)c(C)oc2c1. The van der Waals surface area contributed by atoms with Crippen LogP contribution in [0.4, 0.5) is 0 Å². The number of amides is 1. The molecule has 3 aromatic rings. The van der Waals surface area contributed by atoms with Gasteiger partial charge in [-0.1, -0.05) is 25.1 Å². The van der Waals surface area contributed by atoms with Gasteiger partial charge in [0.2, 0.25) is 11.2 Å². The molecule has 0 atom stereocenters. The molecule has 2 aromatic carbocycles. The summed E-state index contributed by atoms with van der Waals surface area (Å²) in [6, 6.07) is 13.9. The summed E-state index contributed by atoms with van der Waals surface area (Å²) in [5.41, 5.74) is 0.120. The molecule has 0 radical (unpaired) electrons. The van der Waals surface area contributed by atoms with E-state index in [2.05, 4.69) is 5.32 Å². The lowest BCUT2D eigenvalue weighted by atomic mass is 10.2. The number of hydrogen-bond acceptors (Lipinski definition) is 5. The van der Waals surface area contributed by atoms with Crippen LogP contribution in [0.25, 0.3) is 11.0 Å². The summed E-state index contributed by atoms with van der Waals surface area (Å²) in [5, 5.41) is 3.12. The molecule has 0 saturated carbocycles. The van der Waals surface area contributed by atoms with Crippen LogP contribution in [0.2, 0.25) is 0 Å². The highest BCUT2D eigenvalue weighted by Gasteiger charge is 2.14. The maximum atomic E-state index is 12.8. The highest BCUT2D eigenvalue weighted by atomic mass is 16.5. The van der Waals surface area contributed by atoms with Crippen molar-refractivity contribution < 1.29 is 18.7 Å². The highest BCUT2D eigenvalue weighted by molar-refractivity contribution is 5.80. The average Bonchev–Trinajstić information content (AvgIpc) is 2.68. The van der Waals surface area contributed by atoms with Gasteiger partial charge >= 0.3 is 0 Å². The average molecular weight is 367 g/mol. The first-order chi connectivity index (χ1) is 13.1. The topological polar surface area (TPSA) is 77.8 Å².